The topological polar surface area (TPSA) is 116 Å². The van der Waals surface area contributed by atoms with Crippen LogP contribution in [0.5, 0.6) is 0 Å². The highest BCUT2D eigenvalue weighted by molar-refractivity contribution is 5.66. The number of hydrogen-bond acceptors (Lipinski definition) is 7. The lowest BCUT2D eigenvalue weighted by Gasteiger charge is -2.38. The van der Waals surface area contributed by atoms with E-state index in [1.807, 2.05) is 0 Å². The van der Waals surface area contributed by atoms with E-state index >= 15 is 0 Å². The molecule has 88 valence electrons. The third kappa shape index (κ3) is 2.64. The van der Waals surface area contributed by atoms with Gasteiger partial charge in [-0.2, -0.15) is 0 Å². The molecule has 0 amide bonds. The number of carbonyl (C=O) groups is 1. The maximum Gasteiger partial charge on any atom is 0.305 e. The Balaban J connectivity index is 2.69. The maximum absolute atomic E-state index is 10.6. The number of esters is 1. The summed E-state index contributed by atoms with van der Waals surface area (Å²) in [5.74, 6) is -0.695. The molecule has 0 radical (unpaired) electrons. The molecule has 0 saturated carbocycles. The van der Waals surface area contributed by atoms with Crippen LogP contribution >= 0.6 is 0 Å². The quantitative estimate of drug-likeness (QED) is 0.377. The number of ether oxygens (including phenoxy) is 2. The summed E-state index contributed by atoms with van der Waals surface area (Å²) in [7, 11) is 0. The molecule has 1 aliphatic heterocycles. The minimum absolute atomic E-state index is 0.553. The Kier molecular flexibility index (Phi) is 4.00. The molecular weight excluding hydrogens is 208 g/mol. The molecule has 0 bridgehead atoms. The van der Waals surface area contributed by atoms with Crippen LogP contribution in [-0.2, 0) is 14.3 Å². The summed E-state index contributed by atoms with van der Waals surface area (Å²) in [6.07, 6.45) is -6.95. The van der Waals surface area contributed by atoms with Crippen molar-refractivity contribution >= 4 is 5.97 Å². The molecule has 4 N–H and O–H groups in total. The molecule has 0 aromatic heterocycles. The van der Waals surface area contributed by atoms with Gasteiger partial charge >= 0.3 is 5.97 Å². The van der Waals surface area contributed by atoms with Crippen LogP contribution in [0.15, 0.2) is 0 Å². The van der Waals surface area contributed by atoms with Crippen LogP contribution in [0.25, 0.3) is 0 Å². The molecule has 1 aliphatic rings. The molecule has 0 aromatic carbocycles. The summed E-state index contributed by atoms with van der Waals surface area (Å²) < 4.78 is 9.45. The summed E-state index contributed by atoms with van der Waals surface area (Å²) in [4.78, 5) is 10.6. The van der Waals surface area contributed by atoms with Gasteiger partial charge in [0.25, 0.3) is 0 Å². The van der Waals surface area contributed by atoms with Crippen molar-refractivity contribution in [2.75, 3.05) is 6.61 Å². The van der Waals surface area contributed by atoms with Gasteiger partial charge in [-0.3, -0.25) is 4.79 Å². The second kappa shape index (κ2) is 4.86. The second-order valence-corrected chi connectivity index (χ2v) is 3.31. The Morgan fingerprint density at radius 1 is 1.27 bits per heavy atom. The first-order valence-corrected chi connectivity index (χ1v) is 4.45. The highest BCUT2D eigenvalue weighted by Gasteiger charge is 2.44. The van der Waals surface area contributed by atoms with E-state index in [-0.39, 0.29) is 0 Å². The standard InChI is InChI=1S/C8H14O7/c1-3(10)14-8-7(13)6(12)5(11)4(2-9)15-8/h4-9,11-13H,2H2,1H3/t4-,5+,6+,7-,8-/m1/s1. The van der Waals surface area contributed by atoms with Gasteiger partial charge in [0.15, 0.2) is 0 Å². The molecule has 0 spiro atoms. The van der Waals surface area contributed by atoms with Crippen LogP contribution in [0.2, 0.25) is 0 Å². The van der Waals surface area contributed by atoms with E-state index in [1.165, 1.54) is 0 Å². The molecule has 1 fully saturated rings. The average molecular weight is 222 g/mol. The van der Waals surface area contributed by atoms with Gasteiger partial charge in [-0.15, -0.1) is 0 Å². The Labute approximate surface area is 85.9 Å². The molecular formula is C8H14O7. The van der Waals surface area contributed by atoms with E-state index in [0.29, 0.717) is 0 Å². The van der Waals surface area contributed by atoms with Crippen molar-refractivity contribution in [1.82, 2.24) is 0 Å². The lowest BCUT2D eigenvalue weighted by Crippen LogP contribution is -2.59. The fourth-order valence-corrected chi connectivity index (χ4v) is 1.33. The van der Waals surface area contributed by atoms with Gasteiger partial charge in [-0.25, -0.2) is 0 Å². The molecule has 1 saturated heterocycles. The number of rotatable bonds is 2. The van der Waals surface area contributed by atoms with Gasteiger partial charge < -0.3 is 29.9 Å². The summed E-state index contributed by atoms with van der Waals surface area (Å²) >= 11 is 0. The smallest absolute Gasteiger partial charge is 0.305 e. The van der Waals surface area contributed by atoms with Crippen LogP contribution in [0.3, 0.4) is 0 Å². The highest BCUT2D eigenvalue weighted by atomic mass is 16.7. The van der Waals surface area contributed by atoms with Crippen molar-refractivity contribution in [2.45, 2.75) is 37.6 Å². The Bertz CT molecular complexity index is 229. The van der Waals surface area contributed by atoms with Crippen molar-refractivity contribution in [3.05, 3.63) is 0 Å². The number of carbonyl (C=O) groups excluding carboxylic acids is 1. The minimum Gasteiger partial charge on any atom is -0.433 e. The zero-order chi connectivity index (χ0) is 11.6. The molecule has 0 aromatic rings. The van der Waals surface area contributed by atoms with Crippen LogP contribution in [0.1, 0.15) is 6.92 Å². The fraction of sp³-hybridized carbons (Fsp3) is 0.875. The minimum atomic E-state index is -1.54. The van der Waals surface area contributed by atoms with E-state index in [0.717, 1.165) is 6.92 Å². The van der Waals surface area contributed by atoms with Crippen molar-refractivity contribution < 1.29 is 34.7 Å². The zero-order valence-electron chi connectivity index (χ0n) is 8.11. The SMILES string of the molecule is CC(=O)O[C@@H]1O[C@H](CO)[C@H](O)[C@H](O)[C@H]1O. The maximum atomic E-state index is 10.6. The summed E-state index contributed by atoms with van der Waals surface area (Å²) in [5, 5.41) is 36.8. The van der Waals surface area contributed by atoms with E-state index in [4.69, 9.17) is 9.84 Å². The molecule has 0 aliphatic carbocycles. The molecule has 1 heterocycles. The molecule has 5 atom stereocenters. The van der Waals surface area contributed by atoms with Gasteiger partial charge in [0.1, 0.15) is 24.4 Å². The molecule has 0 unspecified atom stereocenters. The van der Waals surface area contributed by atoms with Gasteiger partial charge in [0, 0.05) is 6.92 Å². The van der Waals surface area contributed by atoms with Crippen molar-refractivity contribution in [2.24, 2.45) is 0 Å². The predicted molar refractivity (Wildman–Crippen MR) is 45.5 cm³/mol. The molecule has 7 nitrogen and oxygen atoms in total. The zero-order valence-corrected chi connectivity index (χ0v) is 8.11. The monoisotopic (exact) mass is 222 g/mol. The summed E-state index contributed by atoms with van der Waals surface area (Å²) in [6.45, 7) is 0.560. The van der Waals surface area contributed by atoms with E-state index in [1.54, 1.807) is 0 Å². The molecule has 1 rings (SSSR count). The van der Waals surface area contributed by atoms with E-state index in [2.05, 4.69) is 4.74 Å². The Morgan fingerprint density at radius 2 is 1.87 bits per heavy atom. The fourth-order valence-electron chi connectivity index (χ4n) is 1.33. The lowest BCUT2D eigenvalue weighted by atomic mass is 9.99. The first-order chi connectivity index (χ1) is 6.97. The highest BCUT2D eigenvalue weighted by Crippen LogP contribution is 2.21. The van der Waals surface area contributed by atoms with E-state index in [9.17, 15) is 20.1 Å². The normalized spacial score (nSPS) is 41.3. The molecule has 7 heteroatoms. The first-order valence-electron chi connectivity index (χ1n) is 4.45. The van der Waals surface area contributed by atoms with Crippen LogP contribution in [0.4, 0.5) is 0 Å². The first kappa shape index (κ1) is 12.3. The van der Waals surface area contributed by atoms with Crippen molar-refractivity contribution in [1.29, 1.82) is 0 Å². The van der Waals surface area contributed by atoms with Crippen molar-refractivity contribution in [3.63, 3.8) is 0 Å². The Hall–Kier alpha value is -0.730. The van der Waals surface area contributed by atoms with Crippen LogP contribution in [-0.4, -0.2) is 63.7 Å². The second-order valence-electron chi connectivity index (χ2n) is 3.31. The Morgan fingerprint density at radius 3 is 2.33 bits per heavy atom. The third-order valence-electron chi connectivity index (χ3n) is 2.13. The predicted octanol–water partition coefficient (Wildman–Crippen LogP) is -2.65. The van der Waals surface area contributed by atoms with Crippen LogP contribution < -0.4 is 0 Å². The lowest BCUT2D eigenvalue weighted by molar-refractivity contribution is -0.292. The third-order valence-corrected chi connectivity index (χ3v) is 2.13. The van der Waals surface area contributed by atoms with E-state index < -0.39 is 43.3 Å². The average Bonchev–Trinajstić information content (AvgIpc) is 2.18. The van der Waals surface area contributed by atoms with Crippen molar-refractivity contribution in [3.8, 4) is 0 Å². The van der Waals surface area contributed by atoms with Gasteiger partial charge in [-0.1, -0.05) is 0 Å². The van der Waals surface area contributed by atoms with Gasteiger partial charge in [-0.05, 0) is 0 Å². The largest absolute Gasteiger partial charge is 0.433 e. The number of hydrogen-bond donors (Lipinski definition) is 4. The van der Waals surface area contributed by atoms with Crippen LogP contribution in [0, 0.1) is 0 Å². The summed E-state index contributed by atoms with van der Waals surface area (Å²) in [6, 6.07) is 0. The number of aliphatic hydroxyl groups is 4. The van der Waals surface area contributed by atoms with Gasteiger partial charge in [0.2, 0.25) is 6.29 Å². The van der Waals surface area contributed by atoms with Gasteiger partial charge in [0.05, 0.1) is 6.61 Å². The molecule has 15 heavy (non-hydrogen) atoms. The summed E-state index contributed by atoms with van der Waals surface area (Å²) in [5.41, 5.74) is 0. The number of aliphatic hydroxyl groups excluding tert-OH is 4.